The van der Waals surface area contributed by atoms with Crippen molar-refractivity contribution < 1.29 is 4.74 Å². The van der Waals surface area contributed by atoms with E-state index < -0.39 is 0 Å². The van der Waals surface area contributed by atoms with E-state index in [1.165, 1.54) is 0 Å². The van der Waals surface area contributed by atoms with E-state index in [2.05, 4.69) is 29.1 Å². The molecule has 1 aromatic heterocycles. The molecule has 0 bridgehead atoms. The van der Waals surface area contributed by atoms with E-state index in [4.69, 9.17) is 16.3 Å². The number of nitrogens with one attached hydrogen (secondary N) is 1. The van der Waals surface area contributed by atoms with Crippen molar-refractivity contribution in [2.24, 2.45) is 5.41 Å². The van der Waals surface area contributed by atoms with E-state index in [1.807, 2.05) is 19.9 Å². The van der Waals surface area contributed by atoms with Crippen molar-refractivity contribution in [3.05, 3.63) is 11.9 Å². The van der Waals surface area contributed by atoms with E-state index in [0.717, 1.165) is 25.2 Å². The summed E-state index contributed by atoms with van der Waals surface area (Å²) in [6.07, 6.45) is 2.12. The Bertz CT molecular complexity index is 396. The van der Waals surface area contributed by atoms with Crippen molar-refractivity contribution in [3.8, 4) is 5.88 Å². The average molecular weight is 286 g/mol. The zero-order valence-electron chi connectivity index (χ0n) is 12.3. The molecule has 0 radical (unpaired) electrons. The van der Waals surface area contributed by atoms with Gasteiger partial charge in [-0.3, -0.25) is 0 Å². The number of hydrogen-bond donors (Lipinski definition) is 1. The Balaban J connectivity index is 2.61. The van der Waals surface area contributed by atoms with Crippen LogP contribution in [0.3, 0.4) is 0 Å². The number of halogens is 1. The normalized spacial score (nSPS) is 11.4. The van der Waals surface area contributed by atoms with E-state index in [0.29, 0.717) is 24.2 Å². The highest BCUT2D eigenvalue weighted by molar-refractivity contribution is 6.17. The number of alkyl halides is 1. The largest absolute Gasteiger partial charge is 0.478 e. The molecule has 0 saturated carbocycles. The Morgan fingerprint density at radius 1 is 1.37 bits per heavy atom. The van der Waals surface area contributed by atoms with Crippen molar-refractivity contribution >= 4 is 17.4 Å². The predicted molar refractivity (Wildman–Crippen MR) is 80.2 cm³/mol. The van der Waals surface area contributed by atoms with E-state index in [1.54, 1.807) is 0 Å². The van der Waals surface area contributed by atoms with Gasteiger partial charge in [-0.1, -0.05) is 13.8 Å². The van der Waals surface area contributed by atoms with Gasteiger partial charge in [0.2, 0.25) is 5.88 Å². The fourth-order valence-corrected chi connectivity index (χ4v) is 1.95. The zero-order valence-corrected chi connectivity index (χ0v) is 13.0. The molecule has 0 spiro atoms. The van der Waals surface area contributed by atoms with Crippen LogP contribution in [0.1, 0.15) is 39.4 Å². The summed E-state index contributed by atoms with van der Waals surface area (Å²) in [4.78, 5) is 8.60. The first kappa shape index (κ1) is 16.0. The monoisotopic (exact) mass is 285 g/mol. The Labute approximate surface area is 120 Å². The molecule has 1 N–H and O–H groups in total. The number of aryl methyl sites for hydroxylation is 1. The summed E-state index contributed by atoms with van der Waals surface area (Å²) in [5.74, 6) is 2.86. The third-order valence-corrected chi connectivity index (χ3v) is 3.11. The minimum atomic E-state index is 0.194. The van der Waals surface area contributed by atoms with Gasteiger partial charge < -0.3 is 10.1 Å². The molecule has 0 unspecified atom stereocenters. The van der Waals surface area contributed by atoms with Crippen molar-refractivity contribution in [2.45, 2.75) is 40.5 Å². The third kappa shape index (κ3) is 6.10. The lowest BCUT2D eigenvalue weighted by Gasteiger charge is -2.25. The second-order valence-corrected chi connectivity index (χ2v) is 5.76. The van der Waals surface area contributed by atoms with Crippen LogP contribution in [0, 0.1) is 12.3 Å². The number of nitrogens with zero attached hydrogens (tertiary/aromatic N) is 2. The summed E-state index contributed by atoms with van der Waals surface area (Å²) < 4.78 is 5.42. The van der Waals surface area contributed by atoms with Gasteiger partial charge in [0.05, 0.1) is 6.61 Å². The molecule has 0 amide bonds. The summed E-state index contributed by atoms with van der Waals surface area (Å²) in [5.41, 5.74) is 0.194. The highest BCUT2D eigenvalue weighted by Crippen LogP contribution is 2.23. The molecule has 1 rings (SSSR count). The van der Waals surface area contributed by atoms with Crippen LogP contribution in [-0.4, -0.2) is 29.0 Å². The minimum absolute atomic E-state index is 0.194. The van der Waals surface area contributed by atoms with Crippen molar-refractivity contribution in [1.29, 1.82) is 0 Å². The molecule has 0 aromatic carbocycles. The maximum absolute atomic E-state index is 5.74. The van der Waals surface area contributed by atoms with Gasteiger partial charge in [0.1, 0.15) is 11.6 Å². The lowest BCUT2D eigenvalue weighted by Crippen LogP contribution is -2.23. The number of anilines is 1. The molecule has 5 heteroatoms. The minimum Gasteiger partial charge on any atom is -0.478 e. The molecule has 0 atom stereocenters. The van der Waals surface area contributed by atoms with Gasteiger partial charge in [-0.15, -0.1) is 11.6 Å². The van der Waals surface area contributed by atoms with Gasteiger partial charge in [0, 0.05) is 18.5 Å². The Morgan fingerprint density at radius 3 is 2.74 bits per heavy atom. The fraction of sp³-hybridized carbons (Fsp3) is 0.714. The zero-order chi connectivity index (χ0) is 14.3. The first-order valence-corrected chi connectivity index (χ1v) is 7.28. The molecule has 19 heavy (non-hydrogen) atoms. The molecule has 1 heterocycles. The van der Waals surface area contributed by atoms with Crippen molar-refractivity contribution in [3.63, 3.8) is 0 Å². The van der Waals surface area contributed by atoms with Crippen LogP contribution in [0.2, 0.25) is 0 Å². The van der Waals surface area contributed by atoms with Crippen LogP contribution in [0.25, 0.3) is 0 Å². The first-order valence-electron chi connectivity index (χ1n) is 6.75. The molecule has 0 fully saturated rings. The highest BCUT2D eigenvalue weighted by atomic mass is 35.5. The Kier molecular flexibility index (Phi) is 6.35. The number of ether oxygens (including phenoxy) is 1. The van der Waals surface area contributed by atoms with E-state index in [-0.39, 0.29) is 5.41 Å². The Hall–Kier alpha value is -1.03. The van der Waals surface area contributed by atoms with E-state index >= 15 is 0 Å². The van der Waals surface area contributed by atoms with Crippen LogP contribution in [0.15, 0.2) is 6.07 Å². The van der Waals surface area contributed by atoms with Gasteiger partial charge in [-0.25, -0.2) is 4.98 Å². The van der Waals surface area contributed by atoms with Gasteiger partial charge in [-0.05, 0) is 32.1 Å². The van der Waals surface area contributed by atoms with Gasteiger partial charge in [0.15, 0.2) is 0 Å². The lowest BCUT2D eigenvalue weighted by molar-refractivity contribution is 0.325. The predicted octanol–water partition coefficient (Wildman–Crippen LogP) is 3.64. The quantitative estimate of drug-likeness (QED) is 0.741. The van der Waals surface area contributed by atoms with Gasteiger partial charge in [0.25, 0.3) is 0 Å². The van der Waals surface area contributed by atoms with Gasteiger partial charge >= 0.3 is 0 Å². The molecule has 108 valence electrons. The standard InChI is InChI=1S/C14H24ClN3O/c1-5-19-13-9-12(17-11(2)18-13)16-10-14(3,4)7-6-8-15/h9H,5-8,10H2,1-4H3,(H,16,17,18). The number of rotatable bonds is 8. The summed E-state index contributed by atoms with van der Waals surface area (Å²) >= 11 is 5.74. The second kappa shape index (κ2) is 7.53. The maximum atomic E-state index is 5.74. The highest BCUT2D eigenvalue weighted by Gasteiger charge is 2.17. The molecule has 0 aliphatic carbocycles. The third-order valence-electron chi connectivity index (χ3n) is 2.84. The van der Waals surface area contributed by atoms with Crippen LogP contribution in [0.5, 0.6) is 5.88 Å². The first-order chi connectivity index (χ1) is 8.96. The van der Waals surface area contributed by atoms with Gasteiger partial charge in [-0.2, -0.15) is 4.98 Å². The summed E-state index contributed by atoms with van der Waals surface area (Å²) in [6.45, 7) is 9.73. The SMILES string of the molecule is CCOc1cc(NCC(C)(C)CCCCl)nc(C)n1. The molecule has 1 aromatic rings. The molecule has 0 aliphatic rings. The van der Waals surface area contributed by atoms with Crippen molar-refractivity contribution in [2.75, 3.05) is 24.3 Å². The van der Waals surface area contributed by atoms with Crippen LogP contribution in [-0.2, 0) is 0 Å². The van der Waals surface area contributed by atoms with Crippen LogP contribution < -0.4 is 10.1 Å². The summed E-state index contributed by atoms with van der Waals surface area (Å²) in [7, 11) is 0. The molecular weight excluding hydrogens is 262 g/mol. The second-order valence-electron chi connectivity index (χ2n) is 5.38. The number of aromatic nitrogens is 2. The summed E-state index contributed by atoms with van der Waals surface area (Å²) in [6, 6.07) is 1.84. The average Bonchev–Trinajstić information content (AvgIpc) is 2.34. The molecular formula is C14H24ClN3O. The smallest absolute Gasteiger partial charge is 0.218 e. The van der Waals surface area contributed by atoms with Crippen molar-refractivity contribution in [1.82, 2.24) is 9.97 Å². The topological polar surface area (TPSA) is 47.0 Å². The molecule has 0 saturated heterocycles. The number of hydrogen-bond acceptors (Lipinski definition) is 4. The lowest BCUT2D eigenvalue weighted by atomic mass is 9.88. The van der Waals surface area contributed by atoms with Crippen LogP contribution in [0.4, 0.5) is 5.82 Å². The van der Waals surface area contributed by atoms with E-state index in [9.17, 15) is 0 Å². The molecule has 0 aliphatic heterocycles. The summed E-state index contributed by atoms with van der Waals surface area (Å²) in [5, 5.41) is 3.36. The Morgan fingerprint density at radius 2 is 2.11 bits per heavy atom. The fourth-order valence-electron chi connectivity index (χ4n) is 1.82. The maximum Gasteiger partial charge on any atom is 0.218 e. The van der Waals surface area contributed by atoms with Crippen LogP contribution >= 0.6 is 11.6 Å². The molecule has 4 nitrogen and oxygen atoms in total.